The van der Waals surface area contributed by atoms with Crippen molar-refractivity contribution in [3.05, 3.63) is 11.8 Å². The smallest absolute Gasteiger partial charge is 0.302 e. The van der Waals surface area contributed by atoms with Gasteiger partial charge in [0.1, 0.15) is 5.70 Å². The molecule has 1 amide bonds. The second-order valence-electron chi connectivity index (χ2n) is 2.13. The molecule has 0 saturated heterocycles. The fourth-order valence-electron chi connectivity index (χ4n) is 0.687. The molecule has 0 radical (unpaired) electrons. The summed E-state index contributed by atoms with van der Waals surface area (Å²) in [5.74, 6) is 0. The van der Waals surface area contributed by atoms with Crippen LogP contribution in [0.2, 0.25) is 0 Å². The molecule has 1 aliphatic heterocycles. The molecule has 12 heavy (non-hydrogen) atoms. The highest BCUT2D eigenvalue weighted by Crippen LogP contribution is 2.27. The van der Waals surface area contributed by atoms with E-state index < -0.39 is 11.9 Å². The molecule has 0 aromatic carbocycles. The second-order valence-corrected chi connectivity index (χ2v) is 2.13. The first-order valence-electron chi connectivity index (χ1n) is 3.06. The van der Waals surface area contributed by atoms with Crippen LogP contribution in [0.1, 0.15) is 0 Å². The van der Waals surface area contributed by atoms with Crippen LogP contribution in [-0.2, 0) is 4.79 Å². The number of carbonyl (C=O) groups is 1. The number of amides is 1. The molecule has 3 nitrogen and oxygen atoms in total. The summed E-state index contributed by atoms with van der Waals surface area (Å²) < 4.78 is 35.7. The van der Waals surface area contributed by atoms with E-state index in [4.69, 9.17) is 0 Å². The van der Waals surface area contributed by atoms with Crippen LogP contribution in [0.5, 0.6) is 0 Å². The molecule has 1 heterocycles. The minimum absolute atomic E-state index is 0.0815. The molecule has 0 N–H and O–H groups in total. The zero-order valence-electron chi connectivity index (χ0n) is 5.88. The van der Waals surface area contributed by atoms with Crippen molar-refractivity contribution in [1.29, 1.82) is 0 Å². The Morgan fingerprint density at radius 2 is 2.25 bits per heavy atom. The van der Waals surface area contributed by atoms with Crippen LogP contribution in [0.25, 0.3) is 0 Å². The molecule has 0 unspecified atom stereocenters. The van der Waals surface area contributed by atoms with Gasteiger partial charge in [-0.05, 0) is 6.08 Å². The normalized spacial score (nSPS) is 17.6. The van der Waals surface area contributed by atoms with Crippen molar-refractivity contribution in [2.45, 2.75) is 6.18 Å². The first kappa shape index (κ1) is 8.76. The maximum Gasteiger partial charge on any atom is 0.433 e. The lowest BCUT2D eigenvalue weighted by Gasteiger charge is -2.15. The average molecular weight is 178 g/mol. The summed E-state index contributed by atoms with van der Waals surface area (Å²) in [6.07, 6.45) is -2.30. The molecular formula is C6H5F3N2O. The monoisotopic (exact) mass is 178 g/mol. The van der Waals surface area contributed by atoms with Gasteiger partial charge < -0.3 is 4.90 Å². The number of rotatable bonds is 1. The van der Waals surface area contributed by atoms with Crippen LogP contribution in [0.4, 0.5) is 13.2 Å². The lowest BCUT2D eigenvalue weighted by atomic mass is 10.3. The Morgan fingerprint density at radius 1 is 1.58 bits per heavy atom. The number of hydrogen-bond donors (Lipinski definition) is 0. The summed E-state index contributed by atoms with van der Waals surface area (Å²) in [5, 5.41) is 0. The Balaban J connectivity index is 2.70. The minimum atomic E-state index is -4.43. The Bertz CT molecular complexity index is 244. The van der Waals surface area contributed by atoms with Gasteiger partial charge in [-0.1, -0.05) is 0 Å². The van der Waals surface area contributed by atoms with Crippen LogP contribution < -0.4 is 0 Å². The summed E-state index contributed by atoms with van der Waals surface area (Å²) in [4.78, 5) is 14.1. The number of aliphatic imine (C=N–C) groups is 1. The van der Waals surface area contributed by atoms with E-state index in [1.165, 1.54) is 0 Å². The quantitative estimate of drug-likeness (QED) is 0.550. The van der Waals surface area contributed by atoms with Crippen molar-refractivity contribution >= 4 is 12.7 Å². The van der Waals surface area contributed by atoms with E-state index in [1.54, 1.807) is 0 Å². The van der Waals surface area contributed by atoms with Gasteiger partial charge in [0.2, 0.25) is 6.41 Å². The summed E-state index contributed by atoms with van der Waals surface area (Å²) in [6, 6.07) is 0. The molecule has 0 spiro atoms. The third kappa shape index (κ3) is 1.84. The second kappa shape index (κ2) is 2.96. The van der Waals surface area contributed by atoms with Crippen LogP contribution in [0, 0.1) is 0 Å². The van der Waals surface area contributed by atoms with Crippen molar-refractivity contribution in [2.75, 3.05) is 6.54 Å². The zero-order valence-corrected chi connectivity index (χ0v) is 5.88. The molecule has 1 rings (SSSR count). The van der Waals surface area contributed by atoms with Gasteiger partial charge in [-0.3, -0.25) is 4.79 Å². The molecule has 66 valence electrons. The zero-order chi connectivity index (χ0) is 9.19. The van der Waals surface area contributed by atoms with E-state index in [-0.39, 0.29) is 6.54 Å². The van der Waals surface area contributed by atoms with E-state index in [1.807, 2.05) is 0 Å². The van der Waals surface area contributed by atoms with Gasteiger partial charge in [-0.25, -0.2) is 4.99 Å². The molecule has 0 aliphatic carbocycles. The van der Waals surface area contributed by atoms with Crippen molar-refractivity contribution in [3.8, 4) is 0 Å². The Kier molecular flexibility index (Phi) is 2.16. The molecule has 0 saturated carbocycles. The predicted molar refractivity (Wildman–Crippen MR) is 35.4 cm³/mol. The maximum absolute atomic E-state index is 11.9. The van der Waals surface area contributed by atoms with Crippen LogP contribution in [-0.4, -0.2) is 30.4 Å². The lowest BCUT2D eigenvalue weighted by molar-refractivity contribution is -0.114. The summed E-state index contributed by atoms with van der Waals surface area (Å²) in [7, 11) is 0. The lowest BCUT2D eigenvalue weighted by Crippen LogP contribution is -2.26. The number of halogens is 3. The van der Waals surface area contributed by atoms with E-state index in [2.05, 4.69) is 4.99 Å². The summed E-state index contributed by atoms with van der Waals surface area (Å²) in [5.41, 5.74) is -0.958. The van der Waals surface area contributed by atoms with E-state index in [0.717, 1.165) is 17.3 Å². The highest BCUT2D eigenvalue weighted by molar-refractivity contribution is 5.74. The Morgan fingerprint density at radius 3 is 2.58 bits per heavy atom. The van der Waals surface area contributed by atoms with Crippen LogP contribution >= 0.6 is 0 Å². The van der Waals surface area contributed by atoms with Gasteiger partial charge in [-0.15, -0.1) is 0 Å². The van der Waals surface area contributed by atoms with Gasteiger partial charge in [0.25, 0.3) is 0 Å². The first-order valence-corrected chi connectivity index (χ1v) is 3.06. The highest BCUT2D eigenvalue weighted by Gasteiger charge is 2.34. The minimum Gasteiger partial charge on any atom is -0.302 e. The number of nitrogens with zero attached hydrogens (tertiary/aromatic N) is 2. The highest BCUT2D eigenvalue weighted by atomic mass is 19.4. The van der Waals surface area contributed by atoms with E-state index in [9.17, 15) is 18.0 Å². The van der Waals surface area contributed by atoms with Gasteiger partial charge in [0.05, 0.1) is 6.34 Å². The van der Waals surface area contributed by atoms with Crippen molar-refractivity contribution < 1.29 is 18.0 Å². The number of allylic oxidation sites excluding steroid dienone is 1. The third-order valence-electron chi connectivity index (χ3n) is 1.27. The van der Waals surface area contributed by atoms with Crippen LogP contribution in [0.3, 0.4) is 0 Å². The molecule has 0 aromatic heterocycles. The molecule has 0 aromatic rings. The molecular weight excluding hydrogens is 173 g/mol. The third-order valence-corrected chi connectivity index (χ3v) is 1.27. The van der Waals surface area contributed by atoms with E-state index >= 15 is 0 Å². The number of carbonyl (C=O) groups excluding carboxylic acids is 1. The van der Waals surface area contributed by atoms with Gasteiger partial charge in [-0.2, -0.15) is 13.2 Å². The van der Waals surface area contributed by atoms with E-state index in [0.29, 0.717) is 6.41 Å². The Labute approximate surface area is 66.2 Å². The molecule has 0 bridgehead atoms. The first-order chi connectivity index (χ1) is 5.54. The van der Waals surface area contributed by atoms with Gasteiger partial charge in [0.15, 0.2) is 0 Å². The predicted octanol–water partition coefficient (Wildman–Crippen LogP) is 0.933. The van der Waals surface area contributed by atoms with Crippen molar-refractivity contribution in [3.63, 3.8) is 0 Å². The standard InChI is InChI=1S/C6H5F3N2O/c7-6(8,9)5-1-2-11(4-12)3-10-5/h1,3-4H,2H2. The number of hydrogen-bond acceptors (Lipinski definition) is 2. The number of alkyl halides is 3. The summed E-state index contributed by atoms with van der Waals surface area (Å²) in [6.45, 7) is -0.0815. The van der Waals surface area contributed by atoms with Crippen molar-refractivity contribution in [1.82, 2.24) is 4.90 Å². The van der Waals surface area contributed by atoms with Crippen molar-refractivity contribution in [2.24, 2.45) is 4.99 Å². The SMILES string of the molecule is O=CN1C=NC(C(F)(F)F)=CC1. The molecule has 0 atom stereocenters. The maximum atomic E-state index is 11.9. The van der Waals surface area contributed by atoms with Crippen LogP contribution in [0.15, 0.2) is 16.8 Å². The Hall–Kier alpha value is -1.33. The van der Waals surface area contributed by atoms with Gasteiger partial charge in [0, 0.05) is 6.54 Å². The summed E-state index contributed by atoms with van der Waals surface area (Å²) >= 11 is 0. The fraction of sp³-hybridized carbons (Fsp3) is 0.333. The average Bonchev–Trinajstić information content (AvgIpc) is 2.03. The largest absolute Gasteiger partial charge is 0.433 e. The van der Waals surface area contributed by atoms with Gasteiger partial charge >= 0.3 is 6.18 Å². The molecule has 6 heteroatoms. The topological polar surface area (TPSA) is 32.7 Å². The molecule has 0 fully saturated rings. The fourth-order valence-corrected chi connectivity index (χ4v) is 0.687. The molecule has 1 aliphatic rings.